The number of aryl methyl sites for hydroxylation is 3. The van der Waals surface area contributed by atoms with Crippen LogP contribution in [-0.4, -0.2) is 26.6 Å². The summed E-state index contributed by atoms with van der Waals surface area (Å²) in [5, 5.41) is 12.3. The second kappa shape index (κ2) is 5.88. The molecule has 2 aromatic heterocycles. The molecule has 0 radical (unpaired) electrons. The van der Waals surface area contributed by atoms with E-state index in [2.05, 4.69) is 51.4 Å². The molecule has 0 saturated carbocycles. The van der Waals surface area contributed by atoms with Crippen LogP contribution in [0.4, 0.5) is 0 Å². The van der Waals surface area contributed by atoms with Crippen LogP contribution in [0.1, 0.15) is 37.0 Å². The van der Waals surface area contributed by atoms with Gasteiger partial charge in [0.25, 0.3) is 0 Å². The smallest absolute Gasteiger partial charge is 0.0928 e. The molecule has 0 bridgehead atoms. The molecule has 0 saturated heterocycles. The van der Waals surface area contributed by atoms with Gasteiger partial charge in [0.15, 0.2) is 0 Å². The largest absolute Gasteiger partial charge is 0.307 e. The van der Waals surface area contributed by atoms with Gasteiger partial charge >= 0.3 is 0 Å². The molecule has 0 aromatic carbocycles. The Hall–Kier alpha value is -1.14. The molecule has 0 aliphatic heterocycles. The fourth-order valence-electron chi connectivity index (χ4n) is 2.39. The van der Waals surface area contributed by atoms with Crippen LogP contribution in [0, 0.1) is 6.92 Å². The van der Waals surface area contributed by atoms with Gasteiger partial charge in [0.1, 0.15) is 0 Å². The minimum absolute atomic E-state index is 0.0815. The summed E-state index contributed by atoms with van der Waals surface area (Å²) in [4.78, 5) is 0. The number of aromatic nitrogens is 4. The zero-order valence-electron chi connectivity index (χ0n) is 11.8. The lowest BCUT2D eigenvalue weighted by Gasteiger charge is -2.19. The van der Waals surface area contributed by atoms with Gasteiger partial charge in [-0.05, 0) is 49.8 Å². The number of hydrogen-bond acceptors (Lipinski definition) is 3. The average Bonchev–Trinajstić information content (AvgIpc) is 2.95. The van der Waals surface area contributed by atoms with Crippen LogP contribution in [-0.2, 0) is 13.1 Å². The molecule has 104 valence electrons. The maximum Gasteiger partial charge on any atom is 0.0928 e. The monoisotopic (exact) mass is 325 g/mol. The molecule has 1 unspecified atom stereocenters. The molecule has 2 heterocycles. The fourth-order valence-corrected chi connectivity index (χ4v) is 2.91. The van der Waals surface area contributed by atoms with E-state index in [0.717, 1.165) is 29.0 Å². The molecule has 6 heteroatoms. The molecule has 2 aromatic rings. The molecular weight excluding hydrogens is 306 g/mol. The Bertz CT molecular complexity index is 557. The first-order valence-corrected chi connectivity index (χ1v) is 7.34. The van der Waals surface area contributed by atoms with Crippen molar-refractivity contribution in [1.29, 1.82) is 0 Å². The van der Waals surface area contributed by atoms with Crippen molar-refractivity contribution in [2.75, 3.05) is 7.05 Å². The summed E-state index contributed by atoms with van der Waals surface area (Å²) in [6.45, 7) is 7.93. The van der Waals surface area contributed by atoms with Crippen molar-refractivity contribution in [3.63, 3.8) is 0 Å². The lowest BCUT2D eigenvalue weighted by molar-refractivity contribution is 0.516. The topological polar surface area (TPSA) is 47.7 Å². The van der Waals surface area contributed by atoms with Gasteiger partial charge in [0, 0.05) is 13.1 Å². The highest BCUT2D eigenvalue weighted by atomic mass is 79.9. The van der Waals surface area contributed by atoms with Crippen LogP contribution in [0.3, 0.4) is 0 Å². The molecule has 0 spiro atoms. The zero-order chi connectivity index (χ0) is 14.0. The number of hydrogen-bond donors (Lipinski definition) is 1. The average molecular weight is 326 g/mol. The zero-order valence-corrected chi connectivity index (χ0v) is 13.4. The van der Waals surface area contributed by atoms with Crippen LogP contribution >= 0.6 is 15.9 Å². The summed E-state index contributed by atoms with van der Waals surface area (Å²) in [6, 6.07) is 2.21. The molecule has 1 N–H and O–H groups in total. The number of rotatable bonds is 5. The maximum absolute atomic E-state index is 4.52. The number of nitrogens with one attached hydrogen (secondary N) is 1. The summed E-state index contributed by atoms with van der Waals surface area (Å²) >= 11 is 3.60. The first-order valence-electron chi connectivity index (χ1n) is 6.55. The summed E-state index contributed by atoms with van der Waals surface area (Å²) in [5.41, 5.74) is 3.34. The predicted octanol–water partition coefficient (Wildman–Crippen LogP) is 2.50. The van der Waals surface area contributed by atoms with E-state index in [0.29, 0.717) is 0 Å². The highest BCUT2D eigenvalue weighted by Crippen LogP contribution is 2.28. The van der Waals surface area contributed by atoms with Crippen LogP contribution in [0.25, 0.3) is 0 Å². The fraction of sp³-hybridized carbons (Fsp3) is 0.538. The minimum atomic E-state index is 0.0815. The molecule has 0 amide bonds. The van der Waals surface area contributed by atoms with E-state index in [1.54, 1.807) is 0 Å². The SMILES string of the molecule is CCn1nc(C)cc1C(NC)c1c(Br)cnn1CC. The highest BCUT2D eigenvalue weighted by molar-refractivity contribution is 9.10. The Morgan fingerprint density at radius 2 is 2.00 bits per heavy atom. The van der Waals surface area contributed by atoms with Crippen molar-refractivity contribution in [2.24, 2.45) is 0 Å². The molecular formula is C13H20BrN5. The van der Waals surface area contributed by atoms with Crippen LogP contribution in [0.15, 0.2) is 16.7 Å². The first kappa shape index (κ1) is 14.3. The number of nitrogens with zero attached hydrogens (tertiary/aromatic N) is 4. The van der Waals surface area contributed by atoms with Gasteiger partial charge in [-0.15, -0.1) is 0 Å². The minimum Gasteiger partial charge on any atom is -0.307 e. The first-order chi connectivity index (χ1) is 9.12. The van der Waals surface area contributed by atoms with Crippen LogP contribution < -0.4 is 5.32 Å². The van der Waals surface area contributed by atoms with Crippen molar-refractivity contribution in [1.82, 2.24) is 24.9 Å². The molecule has 0 aliphatic carbocycles. The summed E-state index contributed by atoms with van der Waals surface area (Å²) in [6.07, 6.45) is 1.85. The predicted molar refractivity (Wildman–Crippen MR) is 79.1 cm³/mol. The molecule has 2 rings (SSSR count). The van der Waals surface area contributed by atoms with Crippen LogP contribution in [0.5, 0.6) is 0 Å². The summed E-state index contributed by atoms with van der Waals surface area (Å²) < 4.78 is 5.07. The van der Waals surface area contributed by atoms with Crippen molar-refractivity contribution in [3.8, 4) is 0 Å². The second-order valence-electron chi connectivity index (χ2n) is 4.44. The molecule has 1 atom stereocenters. The molecule has 0 aliphatic rings. The van der Waals surface area contributed by atoms with Gasteiger partial charge in [-0.3, -0.25) is 9.36 Å². The Kier molecular flexibility index (Phi) is 4.42. The van der Waals surface area contributed by atoms with E-state index in [4.69, 9.17) is 0 Å². The van der Waals surface area contributed by atoms with Gasteiger partial charge in [0.05, 0.1) is 33.8 Å². The van der Waals surface area contributed by atoms with Gasteiger partial charge in [-0.1, -0.05) is 0 Å². The summed E-state index contributed by atoms with van der Waals surface area (Å²) in [7, 11) is 1.96. The third-order valence-electron chi connectivity index (χ3n) is 3.22. The van der Waals surface area contributed by atoms with Gasteiger partial charge in [-0.25, -0.2) is 0 Å². The van der Waals surface area contributed by atoms with Crippen molar-refractivity contribution in [3.05, 3.63) is 33.8 Å². The standard InChI is InChI=1S/C13H20BrN5/c1-5-18-11(7-9(3)17-18)12(15-4)13-10(14)8-16-19(13)6-2/h7-8,12,15H,5-6H2,1-4H3. The van der Waals surface area contributed by atoms with Crippen molar-refractivity contribution in [2.45, 2.75) is 39.9 Å². The molecule has 0 fully saturated rings. The molecule has 19 heavy (non-hydrogen) atoms. The van der Waals surface area contributed by atoms with E-state index in [1.165, 1.54) is 5.69 Å². The lowest BCUT2D eigenvalue weighted by atomic mass is 10.1. The maximum atomic E-state index is 4.52. The van der Waals surface area contributed by atoms with E-state index in [1.807, 2.05) is 29.5 Å². The summed E-state index contributed by atoms with van der Waals surface area (Å²) in [5.74, 6) is 0. The second-order valence-corrected chi connectivity index (χ2v) is 5.30. The highest BCUT2D eigenvalue weighted by Gasteiger charge is 2.23. The van der Waals surface area contributed by atoms with Crippen LogP contribution in [0.2, 0.25) is 0 Å². The van der Waals surface area contributed by atoms with Gasteiger partial charge in [0.2, 0.25) is 0 Å². The quantitative estimate of drug-likeness (QED) is 0.918. The van der Waals surface area contributed by atoms with Crippen molar-refractivity contribution < 1.29 is 0 Å². The normalized spacial score (nSPS) is 12.9. The van der Waals surface area contributed by atoms with E-state index in [9.17, 15) is 0 Å². The lowest BCUT2D eigenvalue weighted by Crippen LogP contribution is -2.24. The Morgan fingerprint density at radius 1 is 1.32 bits per heavy atom. The van der Waals surface area contributed by atoms with E-state index >= 15 is 0 Å². The Morgan fingerprint density at radius 3 is 2.58 bits per heavy atom. The Balaban J connectivity index is 2.52. The van der Waals surface area contributed by atoms with Crippen molar-refractivity contribution >= 4 is 15.9 Å². The molecule has 5 nitrogen and oxygen atoms in total. The van der Waals surface area contributed by atoms with E-state index < -0.39 is 0 Å². The van der Waals surface area contributed by atoms with E-state index in [-0.39, 0.29) is 6.04 Å². The third-order valence-corrected chi connectivity index (χ3v) is 3.83. The number of halogens is 1. The van der Waals surface area contributed by atoms with Gasteiger partial charge in [-0.2, -0.15) is 10.2 Å². The third kappa shape index (κ3) is 2.60. The van der Waals surface area contributed by atoms with Gasteiger partial charge < -0.3 is 5.32 Å². The Labute approximate surface area is 122 Å².